The number of benzene rings is 4. The molecule has 0 fully saturated rings. The first-order chi connectivity index (χ1) is 20.2. The Morgan fingerprint density at radius 2 is 0.705 bits per heavy atom. The summed E-state index contributed by atoms with van der Waals surface area (Å²) in [4.78, 5) is 0. The summed E-state index contributed by atoms with van der Waals surface area (Å²) in [5.41, 5.74) is 40.3. The zero-order chi connectivity index (χ0) is 33.3. The molecule has 4 aromatic carbocycles. The number of nitrogens with two attached hydrogens (primary N) is 4. The molecule has 0 aliphatic heterocycles. The maximum atomic E-state index is 6.20. The molecule has 0 heterocycles. The number of aryl methyl sites for hydroxylation is 4. The van der Waals surface area contributed by atoms with Gasteiger partial charge in [0.25, 0.3) is 0 Å². The van der Waals surface area contributed by atoms with Crippen molar-refractivity contribution in [2.24, 2.45) is 0 Å². The lowest BCUT2D eigenvalue weighted by Gasteiger charge is -2.25. The Labute approximate surface area is 267 Å². The third kappa shape index (κ3) is 7.77. The number of rotatable bonds is 4. The fourth-order valence-electron chi connectivity index (χ4n) is 5.89. The van der Waals surface area contributed by atoms with Crippen molar-refractivity contribution in [2.75, 3.05) is 22.9 Å². The quantitative estimate of drug-likeness (QED) is 0.177. The summed E-state index contributed by atoms with van der Waals surface area (Å²) in [5, 5.41) is 0. The minimum absolute atomic E-state index is 0.0392. The highest BCUT2D eigenvalue weighted by Gasteiger charge is 2.22. The van der Waals surface area contributed by atoms with E-state index >= 15 is 0 Å². The van der Waals surface area contributed by atoms with Crippen LogP contribution in [0.3, 0.4) is 0 Å². The minimum atomic E-state index is 0.0392. The molecule has 4 nitrogen and oxygen atoms in total. The van der Waals surface area contributed by atoms with Crippen molar-refractivity contribution >= 4 is 22.7 Å². The van der Waals surface area contributed by atoms with Gasteiger partial charge in [-0.1, -0.05) is 104 Å². The third-order valence-corrected chi connectivity index (χ3v) is 9.00. The van der Waals surface area contributed by atoms with E-state index in [1.165, 1.54) is 33.4 Å². The monoisotopic (exact) mass is 592 g/mol. The van der Waals surface area contributed by atoms with Crippen LogP contribution in [0.15, 0.2) is 60.7 Å². The Morgan fingerprint density at radius 3 is 0.977 bits per heavy atom. The molecule has 4 rings (SSSR count). The van der Waals surface area contributed by atoms with Crippen molar-refractivity contribution in [1.82, 2.24) is 0 Å². The van der Waals surface area contributed by atoms with Gasteiger partial charge in [0.15, 0.2) is 0 Å². The molecule has 8 N–H and O–H groups in total. The summed E-state index contributed by atoms with van der Waals surface area (Å²) in [7, 11) is 0. The van der Waals surface area contributed by atoms with Crippen LogP contribution in [0.1, 0.15) is 123 Å². The summed E-state index contributed by atoms with van der Waals surface area (Å²) >= 11 is 0. The largest absolute Gasteiger partial charge is 0.398 e. The molecule has 236 valence electrons. The average Bonchev–Trinajstić information content (AvgIpc) is 2.93. The van der Waals surface area contributed by atoms with Crippen LogP contribution in [0.5, 0.6) is 0 Å². The molecule has 4 aromatic rings. The second-order valence-electron chi connectivity index (χ2n) is 14.8. The maximum absolute atomic E-state index is 6.20. The van der Waals surface area contributed by atoms with Crippen LogP contribution in [0, 0.1) is 27.7 Å². The summed E-state index contributed by atoms with van der Waals surface area (Å²) in [5.74, 6) is 0.638. The molecule has 0 unspecified atom stereocenters. The molecule has 0 atom stereocenters. The third-order valence-electron chi connectivity index (χ3n) is 9.00. The van der Waals surface area contributed by atoms with Crippen molar-refractivity contribution in [3.63, 3.8) is 0 Å². The van der Waals surface area contributed by atoms with Gasteiger partial charge in [-0.2, -0.15) is 0 Å². The molecule has 0 aliphatic carbocycles. The van der Waals surface area contributed by atoms with E-state index in [1.807, 2.05) is 12.1 Å². The summed E-state index contributed by atoms with van der Waals surface area (Å²) < 4.78 is 0. The average molecular weight is 593 g/mol. The van der Waals surface area contributed by atoms with Crippen LogP contribution >= 0.6 is 0 Å². The molecule has 4 heteroatoms. The standard InChI is InChI=1S/C22H32N2.C18H24N2/c1-14(15-8-10-19(23)17(12-15)21(2,3)4)16-9-11-20(24)18(13-16)22(5,6)7;1-10-6-15(7-11(2)17(10)19)14(5)16-8-12(3)18(20)13(4)9-16/h8-14H,23-24H2,1-7H3;6-9,14H,19-20H2,1-5H3. The smallest absolute Gasteiger partial charge is 0.0373 e. The molecule has 0 aromatic heterocycles. The zero-order valence-electron chi connectivity index (χ0n) is 29.2. The van der Waals surface area contributed by atoms with Gasteiger partial charge in [-0.05, 0) is 106 Å². The van der Waals surface area contributed by atoms with Crippen molar-refractivity contribution in [1.29, 1.82) is 0 Å². The lowest BCUT2D eigenvalue weighted by atomic mass is 9.80. The van der Waals surface area contributed by atoms with Gasteiger partial charge in [-0.25, -0.2) is 0 Å². The van der Waals surface area contributed by atoms with Crippen molar-refractivity contribution < 1.29 is 0 Å². The van der Waals surface area contributed by atoms with E-state index in [-0.39, 0.29) is 10.8 Å². The Kier molecular flexibility index (Phi) is 10.2. The fraction of sp³-hybridized carbons (Fsp3) is 0.400. The highest BCUT2D eigenvalue weighted by Crippen LogP contribution is 2.36. The normalized spacial score (nSPS) is 12.0. The van der Waals surface area contributed by atoms with Crippen molar-refractivity contribution in [3.05, 3.63) is 116 Å². The lowest BCUT2D eigenvalue weighted by Crippen LogP contribution is -2.16. The van der Waals surface area contributed by atoms with Crippen LogP contribution in [0.4, 0.5) is 22.7 Å². The second kappa shape index (κ2) is 13.0. The Morgan fingerprint density at radius 1 is 0.432 bits per heavy atom. The van der Waals surface area contributed by atoms with Gasteiger partial charge in [-0.15, -0.1) is 0 Å². The van der Waals surface area contributed by atoms with Crippen LogP contribution < -0.4 is 22.9 Å². The highest BCUT2D eigenvalue weighted by atomic mass is 14.6. The molecule has 0 aliphatic rings. The number of anilines is 4. The van der Waals surface area contributed by atoms with Gasteiger partial charge in [0.1, 0.15) is 0 Å². The van der Waals surface area contributed by atoms with Gasteiger partial charge >= 0.3 is 0 Å². The summed E-state index contributed by atoms with van der Waals surface area (Å²) in [6.07, 6.45) is 0. The first-order valence-electron chi connectivity index (χ1n) is 15.7. The van der Waals surface area contributed by atoms with E-state index in [0.717, 1.165) is 45.0 Å². The molecular formula is C40H56N4. The van der Waals surface area contributed by atoms with E-state index in [4.69, 9.17) is 22.9 Å². The molecule has 0 amide bonds. The lowest BCUT2D eigenvalue weighted by molar-refractivity contribution is 0.590. The molecule has 0 radical (unpaired) electrons. The maximum Gasteiger partial charge on any atom is 0.0373 e. The Bertz CT molecular complexity index is 1470. The first-order valence-corrected chi connectivity index (χ1v) is 15.7. The summed E-state index contributed by atoms with van der Waals surface area (Å²) in [6.45, 7) is 26.0. The van der Waals surface area contributed by atoms with Crippen molar-refractivity contribution in [3.8, 4) is 0 Å². The van der Waals surface area contributed by atoms with Gasteiger partial charge in [-0.3, -0.25) is 0 Å². The molecule has 44 heavy (non-hydrogen) atoms. The van der Waals surface area contributed by atoms with E-state index in [9.17, 15) is 0 Å². The van der Waals surface area contributed by atoms with Crippen LogP contribution in [-0.2, 0) is 10.8 Å². The number of hydrogen-bond acceptors (Lipinski definition) is 4. The zero-order valence-corrected chi connectivity index (χ0v) is 29.2. The molecule has 0 saturated heterocycles. The van der Waals surface area contributed by atoms with Gasteiger partial charge in [0.2, 0.25) is 0 Å². The van der Waals surface area contributed by atoms with E-state index in [2.05, 4.69) is 132 Å². The van der Waals surface area contributed by atoms with E-state index in [0.29, 0.717) is 11.8 Å². The molecule has 0 bridgehead atoms. The fourth-order valence-corrected chi connectivity index (χ4v) is 5.89. The highest BCUT2D eigenvalue weighted by molar-refractivity contribution is 5.59. The molecular weight excluding hydrogens is 536 g/mol. The molecule has 0 spiro atoms. The minimum Gasteiger partial charge on any atom is -0.398 e. The van der Waals surface area contributed by atoms with Crippen LogP contribution in [0.25, 0.3) is 0 Å². The topological polar surface area (TPSA) is 104 Å². The first kappa shape index (κ1) is 34.6. The van der Waals surface area contributed by atoms with Crippen LogP contribution in [0.2, 0.25) is 0 Å². The van der Waals surface area contributed by atoms with Gasteiger partial charge in [0, 0.05) is 34.6 Å². The SMILES string of the molecule is CC(c1ccc(N)c(C(C)(C)C)c1)c1ccc(N)c(C(C)(C)C)c1.Cc1cc(C(C)c2cc(C)c(N)c(C)c2)cc(C)c1N. The Balaban J connectivity index is 0.000000244. The number of nitrogen functional groups attached to an aromatic ring is 4. The van der Waals surface area contributed by atoms with E-state index in [1.54, 1.807) is 0 Å². The predicted octanol–water partition coefficient (Wildman–Crippen LogP) is 9.83. The second-order valence-corrected chi connectivity index (χ2v) is 14.8. The van der Waals surface area contributed by atoms with E-state index < -0.39 is 0 Å². The van der Waals surface area contributed by atoms with Crippen molar-refractivity contribution in [2.45, 2.75) is 106 Å². The molecule has 0 saturated carbocycles. The summed E-state index contributed by atoms with van der Waals surface area (Å²) in [6, 6.07) is 21.6. The Hall–Kier alpha value is -3.92. The number of hydrogen-bond donors (Lipinski definition) is 4. The predicted molar refractivity (Wildman–Crippen MR) is 195 cm³/mol. The van der Waals surface area contributed by atoms with Gasteiger partial charge < -0.3 is 22.9 Å². The van der Waals surface area contributed by atoms with Gasteiger partial charge in [0.05, 0.1) is 0 Å². The van der Waals surface area contributed by atoms with Crippen LogP contribution in [-0.4, -0.2) is 0 Å².